The molecule has 0 bridgehead atoms. The Morgan fingerprint density at radius 2 is 1.32 bits per heavy atom. The number of nitrogens with two attached hydrogens (primary N) is 1. The molecule has 0 aliphatic carbocycles. The number of hydrogen-bond donors (Lipinski definition) is 1. The van der Waals surface area contributed by atoms with E-state index in [0.717, 1.165) is 33.3 Å². The summed E-state index contributed by atoms with van der Waals surface area (Å²) in [4.78, 5) is 4.85. The number of pyridine rings is 1. The molecular formula is C38H27N3. The standard InChI is InChI=1S/C38H27N3/c39-24-25-12-14-27(15-13-25)36-32(19-16-28-8-6-22-40-38(28)36)29-18-20-34-33(23-29)37-31-11-5-4-7-26(31)17-21-35(37)41(34)30-9-2-1-3-10-30/h1-23H,24,39H2. The normalized spacial score (nSPS) is 11.6. The van der Waals surface area contributed by atoms with Gasteiger partial charge in [-0.3, -0.25) is 4.98 Å². The van der Waals surface area contributed by atoms with Gasteiger partial charge in [-0.2, -0.15) is 0 Å². The second-order valence-corrected chi connectivity index (χ2v) is 10.5. The molecule has 194 valence electrons. The number of para-hydroxylation sites is 1. The number of hydrogen-bond acceptors (Lipinski definition) is 2. The molecule has 0 saturated carbocycles. The van der Waals surface area contributed by atoms with Gasteiger partial charge >= 0.3 is 0 Å². The molecule has 41 heavy (non-hydrogen) atoms. The molecule has 0 saturated heterocycles. The molecule has 2 heterocycles. The van der Waals surface area contributed by atoms with Gasteiger partial charge in [-0.1, -0.05) is 97.1 Å². The third kappa shape index (κ3) is 3.75. The van der Waals surface area contributed by atoms with Crippen molar-refractivity contribution in [3.63, 3.8) is 0 Å². The van der Waals surface area contributed by atoms with Crippen molar-refractivity contribution in [3.8, 4) is 27.9 Å². The molecule has 0 amide bonds. The second kappa shape index (κ2) is 9.44. The summed E-state index contributed by atoms with van der Waals surface area (Å²) in [6.07, 6.45) is 1.88. The van der Waals surface area contributed by atoms with Crippen LogP contribution in [0.15, 0.2) is 140 Å². The van der Waals surface area contributed by atoms with Crippen molar-refractivity contribution in [1.82, 2.24) is 9.55 Å². The number of benzene rings is 6. The molecule has 0 fully saturated rings. The molecule has 2 N–H and O–H groups in total. The Morgan fingerprint density at radius 3 is 2.17 bits per heavy atom. The second-order valence-electron chi connectivity index (χ2n) is 10.5. The van der Waals surface area contributed by atoms with Crippen molar-refractivity contribution in [1.29, 1.82) is 0 Å². The fourth-order valence-corrected chi connectivity index (χ4v) is 6.30. The van der Waals surface area contributed by atoms with Crippen LogP contribution in [0.25, 0.3) is 71.4 Å². The highest BCUT2D eigenvalue weighted by molar-refractivity contribution is 6.22. The van der Waals surface area contributed by atoms with E-state index in [1.165, 1.54) is 43.7 Å². The lowest BCUT2D eigenvalue weighted by molar-refractivity contribution is 1.07. The first kappa shape index (κ1) is 23.6. The average Bonchev–Trinajstić information content (AvgIpc) is 3.39. The van der Waals surface area contributed by atoms with E-state index in [0.29, 0.717) is 6.54 Å². The van der Waals surface area contributed by atoms with E-state index in [9.17, 15) is 0 Å². The van der Waals surface area contributed by atoms with E-state index in [-0.39, 0.29) is 0 Å². The predicted molar refractivity (Wildman–Crippen MR) is 172 cm³/mol. The van der Waals surface area contributed by atoms with Crippen LogP contribution >= 0.6 is 0 Å². The number of rotatable bonds is 4. The lowest BCUT2D eigenvalue weighted by Crippen LogP contribution is -1.96. The highest BCUT2D eigenvalue weighted by atomic mass is 15.0. The topological polar surface area (TPSA) is 43.8 Å². The molecule has 0 aliphatic heterocycles. The van der Waals surface area contributed by atoms with Crippen LogP contribution in [0.2, 0.25) is 0 Å². The zero-order valence-corrected chi connectivity index (χ0v) is 22.5. The molecule has 8 aromatic rings. The van der Waals surface area contributed by atoms with Gasteiger partial charge in [0.2, 0.25) is 0 Å². The first-order chi connectivity index (χ1) is 20.3. The van der Waals surface area contributed by atoms with Gasteiger partial charge in [0.25, 0.3) is 0 Å². The Kier molecular flexibility index (Phi) is 5.44. The van der Waals surface area contributed by atoms with Gasteiger partial charge < -0.3 is 10.3 Å². The molecule has 0 spiro atoms. The van der Waals surface area contributed by atoms with Gasteiger partial charge in [0.05, 0.1) is 16.6 Å². The van der Waals surface area contributed by atoms with Gasteiger partial charge in [-0.05, 0) is 69.4 Å². The molecule has 6 aromatic carbocycles. The van der Waals surface area contributed by atoms with Crippen molar-refractivity contribution in [2.45, 2.75) is 6.54 Å². The minimum absolute atomic E-state index is 0.525. The fourth-order valence-electron chi connectivity index (χ4n) is 6.30. The summed E-state index contributed by atoms with van der Waals surface area (Å²) in [5.41, 5.74) is 16.2. The van der Waals surface area contributed by atoms with E-state index in [1.54, 1.807) is 0 Å². The van der Waals surface area contributed by atoms with E-state index in [2.05, 4.69) is 132 Å². The van der Waals surface area contributed by atoms with Gasteiger partial charge in [0, 0.05) is 40.2 Å². The van der Waals surface area contributed by atoms with E-state index < -0.39 is 0 Å². The van der Waals surface area contributed by atoms with Gasteiger partial charge in [0.1, 0.15) is 0 Å². The van der Waals surface area contributed by atoms with Crippen molar-refractivity contribution in [3.05, 3.63) is 145 Å². The summed E-state index contributed by atoms with van der Waals surface area (Å²) in [5.74, 6) is 0. The third-order valence-corrected chi connectivity index (χ3v) is 8.23. The van der Waals surface area contributed by atoms with E-state index >= 15 is 0 Å². The Hall–Kier alpha value is -5.25. The van der Waals surface area contributed by atoms with Crippen LogP contribution < -0.4 is 5.73 Å². The summed E-state index contributed by atoms with van der Waals surface area (Å²) < 4.78 is 2.38. The smallest absolute Gasteiger partial charge is 0.0786 e. The molecule has 0 atom stereocenters. The monoisotopic (exact) mass is 525 g/mol. The van der Waals surface area contributed by atoms with Crippen LogP contribution in [-0.2, 0) is 6.54 Å². The Bertz CT molecular complexity index is 2230. The summed E-state index contributed by atoms with van der Waals surface area (Å²) in [6.45, 7) is 0.525. The first-order valence-electron chi connectivity index (χ1n) is 14.0. The molecule has 8 rings (SSSR count). The highest BCUT2D eigenvalue weighted by Crippen LogP contribution is 2.42. The molecule has 3 heteroatoms. The van der Waals surface area contributed by atoms with Gasteiger partial charge in [0.15, 0.2) is 0 Å². The van der Waals surface area contributed by atoms with Gasteiger partial charge in [-0.15, -0.1) is 0 Å². The molecule has 2 aromatic heterocycles. The maximum absolute atomic E-state index is 5.92. The summed E-state index contributed by atoms with van der Waals surface area (Å²) in [5, 5.41) is 6.15. The predicted octanol–water partition coefficient (Wildman–Crippen LogP) is 9.28. The van der Waals surface area contributed by atoms with Crippen LogP contribution in [0.5, 0.6) is 0 Å². The van der Waals surface area contributed by atoms with E-state index in [1.807, 2.05) is 12.3 Å². The molecular weight excluding hydrogens is 498 g/mol. The number of nitrogens with zero attached hydrogens (tertiary/aromatic N) is 2. The minimum Gasteiger partial charge on any atom is -0.326 e. The van der Waals surface area contributed by atoms with Gasteiger partial charge in [-0.25, -0.2) is 0 Å². The van der Waals surface area contributed by atoms with Crippen LogP contribution in [0.1, 0.15) is 5.56 Å². The van der Waals surface area contributed by atoms with Crippen LogP contribution in [-0.4, -0.2) is 9.55 Å². The average molecular weight is 526 g/mol. The maximum Gasteiger partial charge on any atom is 0.0786 e. The molecule has 0 radical (unpaired) electrons. The molecule has 3 nitrogen and oxygen atoms in total. The fraction of sp³-hybridized carbons (Fsp3) is 0.0263. The summed E-state index contributed by atoms with van der Waals surface area (Å²) in [7, 11) is 0. The van der Waals surface area contributed by atoms with Crippen LogP contribution in [0.4, 0.5) is 0 Å². The molecule has 0 unspecified atom stereocenters. The Morgan fingerprint density at radius 1 is 0.585 bits per heavy atom. The van der Waals surface area contributed by atoms with Crippen LogP contribution in [0, 0.1) is 0 Å². The third-order valence-electron chi connectivity index (χ3n) is 8.23. The highest BCUT2D eigenvalue weighted by Gasteiger charge is 2.18. The zero-order valence-electron chi connectivity index (χ0n) is 22.5. The zero-order chi connectivity index (χ0) is 27.3. The summed E-state index contributed by atoms with van der Waals surface area (Å²) in [6, 6.07) is 47.8. The van der Waals surface area contributed by atoms with Crippen molar-refractivity contribution >= 4 is 43.5 Å². The van der Waals surface area contributed by atoms with Crippen molar-refractivity contribution < 1.29 is 0 Å². The lowest BCUT2D eigenvalue weighted by atomic mass is 9.91. The maximum atomic E-state index is 5.92. The molecule has 0 aliphatic rings. The van der Waals surface area contributed by atoms with Crippen molar-refractivity contribution in [2.24, 2.45) is 5.73 Å². The lowest BCUT2D eigenvalue weighted by Gasteiger charge is -2.14. The van der Waals surface area contributed by atoms with E-state index in [4.69, 9.17) is 10.7 Å². The Labute approximate surface area is 238 Å². The number of aromatic nitrogens is 2. The quantitative estimate of drug-likeness (QED) is 0.249. The van der Waals surface area contributed by atoms with Crippen LogP contribution in [0.3, 0.4) is 0 Å². The first-order valence-corrected chi connectivity index (χ1v) is 14.0. The SMILES string of the molecule is NCc1ccc(-c2c(-c3ccc4c(c3)c3c5ccccc5ccc3n4-c3ccccc3)ccc3cccnc23)cc1. The largest absolute Gasteiger partial charge is 0.326 e. The van der Waals surface area contributed by atoms with Crippen molar-refractivity contribution in [2.75, 3.05) is 0 Å². The Balaban J connectivity index is 1.46. The number of fused-ring (bicyclic) bond motifs is 6. The minimum atomic E-state index is 0.525. The summed E-state index contributed by atoms with van der Waals surface area (Å²) >= 11 is 0.